The lowest BCUT2D eigenvalue weighted by Gasteiger charge is -1.91. The number of fused-ring (bicyclic) bond motifs is 1. The summed E-state index contributed by atoms with van der Waals surface area (Å²) in [6.07, 6.45) is 0. The average Bonchev–Trinajstić information content (AvgIpc) is 2.72. The van der Waals surface area contributed by atoms with Gasteiger partial charge in [0.1, 0.15) is 0 Å². The molecule has 2 rings (SSSR count). The lowest BCUT2D eigenvalue weighted by Crippen LogP contribution is -2.02. The fraction of sp³-hybridized carbons (Fsp3) is 0.300. The van der Waals surface area contributed by atoms with Gasteiger partial charge in [-0.3, -0.25) is 8.37 Å². The molecule has 0 fully saturated rings. The van der Waals surface area contributed by atoms with Gasteiger partial charge in [-0.15, -0.1) is 24.0 Å². The molecule has 1 aromatic heterocycles. The topological polar surface area (TPSA) is 65.5 Å². The number of aromatic nitrogens is 1. The van der Waals surface area contributed by atoms with Crippen LogP contribution in [0.15, 0.2) is 23.1 Å². The van der Waals surface area contributed by atoms with E-state index in [9.17, 15) is 8.42 Å². The molecule has 1 heterocycles. The van der Waals surface area contributed by atoms with Crippen molar-refractivity contribution in [1.29, 1.82) is 0 Å². The molecular weight excluding hydrogens is 294 g/mol. The third-order valence-electron chi connectivity index (χ3n) is 1.91. The number of benzene rings is 1. The first-order valence-electron chi connectivity index (χ1n) is 4.81. The minimum absolute atomic E-state index is 0.965. The van der Waals surface area contributed by atoms with Gasteiger partial charge in [0.15, 0.2) is 0 Å². The number of rotatable bonds is 2. The third kappa shape index (κ3) is 4.21. The molecular formula is C10H13NO4S3. The zero-order valence-corrected chi connectivity index (χ0v) is 12.6. The highest BCUT2D eigenvalue weighted by molar-refractivity contribution is 7.81. The standard InChI is InChI=1S/C8H7NS2.C2H6O4S/c1-5-9-8-6(10)3-2-4-7(8)11-5;1-5-7(3,4)6-2/h2-4,10H,1H3;1-2H3. The number of hydrogen-bond donors (Lipinski definition) is 1. The van der Waals surface area contributed by atoms with Gasteiger partial charge in [0.05, 0.1) is 29.4 Å². The van der Waals surface area contributed by atoms with Crippen molar-refractivity contribution >= 4 is 44.6 Å². The van der Waals surface area contributed by atoms with Gasteiger partial charge in [-0.05, 0) is 19.1 Å². The maximum absolute atomic E-state index is 9.92. The van der Waals surface area contributed by atoms with Gasteiger partial charge < -0.3 is 0 Å². The van der Waals surface area contributed by atoms with Crippen molar-refractivity contribution in [3.63, 3.8) is 0 Å². The van der Waals surface area contributed by atoms with Crippen molar-refractivity contribution in [2.24, 2.45) is 0 Å². The summed E-state index contributed by atoms with van der Waals surface area (Å²) in [5.74, 6) is 0. The molecule has 0 aliphatic heterocycles. The molecule has 0 N–H and O–H groups in total. The fourth-order valence-electron chi connectivity index (χ4n) is 1.11. The molecule has 0 atom stereocenters. The average molecular weight is 307 g/mol. The second kappa shape index (κ2) is 6.48. The number of thiol groups is 1. The summed E-state index contributed by atoms with van der Waals surface area (Å²) in [6.45, 7) is 2.01. The lowest BCUT2D eigenvalue weighted by atomic mass is 10.3. The summed E-state index contributed by atoms with van der Waals surface area (Å²) < 4.78 is 28.7. The summed E-state index contributed by atoms with van der Waals surface area (Å²) in [5, 5.41) is 1.10. The van der Waals surface area contributed by atoms with Gasteiger partial charge in [-0.25, -0.2) is 4.98 Å². The second-order valence-corrected chi connectivity index (χ2v) is 6.30. The molecule has 0 saturated carbocycles. The van der Waals surface area contributed by atoms with Crippen LogP contribution in [0.4, 0.5) is 0 Å². The van der Waals surface area contributed by atoms with Crippen LogP contribution in [0.25, 0.3) is 10.2 Å². The smallest absolute Gasteiger partial charge is 0.252 e. The Labute approximate surface area is 115 Å². The molecule has 8 heteroatoms. The van der Waals surface area contributed by atoms with E-state index in [-0.39, 0.29) is 0 Å². The van der Waals surface area contributed by atoms with Crippen LogP contribution in [0.5, 0.6) is 0 Å². The van der Waals surface area contributed by atoms with E-state index in [1.807, 2.05) is 19.1 Å². The minimum atomic E-state index is -3.66. The van der Waals surface area contributed by atoms with Gasteiger partial charge >= 0.3 is 10.4 Å². The van der Waals surface area contributed by atoms with Crippen LogP contribution < -0.4 is 0 Å². The van der Waals surface area contributed by atoms with Crippen molar-refractivity contribution in [1.82, 2.24) is 4.98 Å². The monoisotopic (exact) mass is 307 g/mol. The summed E-state index contributed by atoms with van der Waals surface area (Å²) in [7, 11) is -1.60. The van der Waals surface area contributed by atoms with E-state index in [0.717, 1.165) is 29.6 Å². The summed E-state index contributed by atoms with van der Waals surface area (Å²) in [6, 6.07) is 6.03. The molecule has 100 valence electrons. The Balaban J connectivity index is 0.000000203. The number of para-hydroxylation sites is 1. The largest absolute Gasteiger partial charge is 0.399 e. The van der Waals surface area contributed by atoms with E-state index in [4.69, 9.17) is 0 Å². The van der Waals surface area contributed by atoms with Crippen LogP contribution in [0.1, 0.15) is 5.01 Å². The molecule has 0 unspecified atom stereocenters. The Bertz CT molecular complexity index is 611. The Morgan fingerprint density at radius 2 is 1.89 bits per heavy atom. The van der Waals surface area contributed by atoms with Gasteiger partial charge in [-0.2, -0.15) is 8.42 Å². The van der Waals surface area contributed by atoms with Gasteiger partial charge in [0, 0.05) is 4.90 Å². The first-order chi connectivity index (χ1) is 8.39. The van der Waals surface area contributed by atoms with Crippen LogP contribution in [0.2, 0.25) is 0 Å². The maximum atomic E-state index is 9.92. The quantitative estimate of drug-likeness (QED) is 0.863. The first kappa shape index (κ1) is 15.4. The SMILES string of the molecule is COS(=O)(=O)OC.Cc1nc2c(S)cccc2s1. The maximum Gasteiger partial charge on any atom is 0.399 e. The Kier molecular flexibility index (Phi) is 5.54. The van der Waals surface area contributed by atoms with Gasteiger partial charge in [-0.1, -0.05) is 6.07 Å². The van der Waals surface area contributed by atoms with E-state index in [1.54, 1.807) is 11.3 Å². The Morgan fingerprint density at radius 1 is 1.28 bits per heavy atom. The number of nitrogens with zero attached hydrogens (tertiary/aromatic N) is 1. The van der Waals surface area contributed by atoms with Crippen molar-refractivity contribution < 1.29 is 16.8 Å². The first-order valence-corrected chi connectivity index (χ1v) is 7.40. The van der Waals surface area contributed by atoms with Crippen LogP contribution in [-0.2, 0) is 18.8 Å². The normalized spacial score (nSPS) is 11.1. The predicted molar refractivity (Wildman–Crippen MR) is 74.5 cm³/mol. The number of hydrogen-bond acceptors (Lipinski definition) is 7. The highest BCUT2D eigenvalue weighted by atomic mass is 32.3. The molecule has 0 aliphatic carbocycles. The van der Waals surface area contributed by atoms with Crippen molar-refractivity contribution in [3.05, 3.63) is 23.2 Å². The third-order valence-corrected chi connectivity index (χ3v) is 4.03. The van der Waals surface area contributed by atoms with Crippen molar-refractivity contribution in [2.75, 3.05) is 14.2 Å². The molecule has 1 aromatic carbocycles. The fourth-order valence-corrected chi connectivity index (χ4v) is 2.44. The highest BCUT2D eigenvalue weighted by Gasteiger charge is 2.01. The number of aryl methyl sites for hydroxylation is 1. The predicted octanol–water partition coefficient (Wildman–Crippen LogP) is 2.42. The van der Waals surface area contributed by atoms with Gasteiger partial charge in [0.2, 0.25) is 0 Å². The van der Waals surface area contributed by atoms with E-state index in [2.05, 4.69) is 32.0 Å². The molecule has 0 aliphatic rings. The molecule has 5 nitrogen and oxygen atoms in total. The minimum Gasteiger partial charge on any atom is -0.252 e. The van der Waals surface area contributed by atoms with E-state index >= 15 is 0 Å². The lowest BCUT2D eigenvalue weighted by molar-refractivity contribution is 0.286. The molecule has 0 bridgehead atoms. The molecule has 18 heavy (non-hydrogen) atoms. The van der Waals surface area contributed by atoms with E-state index in [0.29, 0.717) is 0 Å². The molecule has 0 saturated heterocycles. The molecule has 0 radical (unpaired) electrons. The van der Waals surface area contributed by atoms with Gasteiger partial charge in [0.25, 0.3) is 0 Å². The molecule has 0 spiro atoms. The van der Waals surface area contributed by atoms with E-state index < -0.39 is 10.4 Å². The summed E-state index contributed by atoms with van der Waals surface area (Å²) in [5.41, 5.74) is 1.03. The van der Waals surface area contributed by atoms with Crippen LogP contribution >= 0.6 is 24.0 Å². The second-order valence-electron chi connectivity index (χ2n) is 3.10. The molecule has 0 amide bonds. The zero-order valence-electron chi connectivity index (χ0n) is 10.1. The van der Waals surface area contributed by atoms with E-state index in [1.165, 1.54) is 4.70 Å². The molecule has 2 aromatic rings. The Hall–Kier alpha value is -0.670. The Morgan fingerprint density at radius 3 is 2.33 bits per heavy atom. The van der Waals surface area contributed by atoms with Crippen molar-refractivity contribution in [2.45, 2.75) is 11.8 Å². The van der Waals surface area contributed by atoms with Crippen LogP contribution in [0.3, 0.4) is 0 Å². The van der Waals surface area contributed by atoms with Crippen molar-refractivity contribution in [3.8, 4) is 0 Å². The summed E-state index contributed by atoms with van der Waals surface area (Å²) >= 11 is 6.01. The van der Waals surface area contributed by atoms with Crippen LogP contribution in [0, 0.1) is 6.92 Å². The van der Waals surface area contributed by atoms with Crippen LogP contribution in [-0.4, -0.2) is 27.6 Å². The zero-order chi connectivity index (χ0) is 13.8. The highest BCUT2D eigenvalue weighted by Crippen LogP contribution is 2.25. The number of thiazole rings is 1. The summed E-state index contributed by atoms with van der Waals surface area (Å²) in [4.78, 5) is 5.32.